The van der Waals surface area contributed by atoms with Gasteiger partial charge in [-0.05, 0) is 37.3 Å². The molecule has 0 bridgehead atoms. The molecule has 0 atom stereocenters. The molecule has 114 valence electrons. The van der Waals surface area contributed by atoms with Gasteiger partial charge in [-0.1, -0.05) is 13.0 Å². The number of benzene rings is 1. The molecule has 2 rings (SSSR count). The summed E-state index contributed by atoms with van der Waals surface area (Å²) in [6, 6.07) is 4.56. The van der Waals surface area contributed by atoms with E-state index < -0.39 is 4.92 Å². The highest BCUT2D eigenvalue weighted by Gasteiger charge is 2.31. The van der Waals surface area contributed by atoms with Crippen LogP contribution in [0.15, 0.2) is 18.2 Å². The summed E-state index contributed by atoms with van der Waals surface area (Å²) in [4.78, 5) is 25.0. The maximum absolute atomic E-state index is 12.6. The highest BCUT2D eigenvalue weighted by molar-refractivity contribution is 6.00. The van der Waals surface area contributed by atoms with Gasteiger partial charge in [-0.2, -0.15) is 0 Å². The second-order valence-electron chi connectivity index (χ2n) is 5.30. The Labute approximate surface area is 123 Å². The number of rotatable bonds is 7. The zero-order valence-electron chi connectivity index (χ0n) is 12.0. The smallest absolute Gasteiger partial charge is 0.306 e. The van der Waals surface area contributed by atoms with Gasteiger partial charge in [-0.15, -0.1) is 0 Å². The lowest BCUT2D eigenvalue weighted by atomic mass is 10.1. The minimum absolute atomic E-state index is 0.0875. The lowest BCUT2D eigenvalue weighted by molar-refractivity contribution is -0.384. The molecule has 1 aromatic carbocycles. The van der Waals surface area contributed by atoms with E-state index >= 15 is 0 Å². The number of amides is 1. The second kappa shape index (κ2) is 6.53. The first-order chi connectivity index (χ1) is 10.1. The van der Waals surface area contributed by atoms with Crippen molar-refractivity contribution in [1.82, 2.24) is 4.90 Å². The summed E-state index contributed by atoms with van der Waals surface area (Å²) < 4.78 is 0. The number of hydrogen-bond acceptors (Lipinski definition) is 5. The predicted molar refractivity (Wildman–Crippen MR) is 79.8 cm³/mol. The Morgan fingerprint density at radius 3 is 2.76 bits per heavy atom. The van der Waals surface area contributed by atoms with E-state index in [1.54, 1.807) is 11.0 Å². The van der Waals surface area contributed by atoms with Crippen molar-refractivity contribution in [3.63, 3.8) is 0 Å². The fourth-order valence-corrected chi connectivity index (χ4v) is 2.36. The van der Waals surface area contributed by atoms with E-state index in [0.717, 1.165) is 19.3 Å². The van der Waals surface area contributed by atoms with Crippen molar-refractivity contribution < 1.29 is 9.72 Å². The molecule has 1 aromatic rings. The second-order valence-corrected chi connectivity index (χ2v) is 5.30. The number of hydrogen-bond donors (Lipinski definition) is 2. The van der Waals surface area contributed by atoms with Gasteiger partial charge >= 0.3 is 5.69 Å². The molecular weight excluding hydrogens is 272 g/mol. The van der Waals surface area contributed by atoms with Gasteiger partial charge in [0.15, 0.2) is 0 Å². The Morgan fingerprint density at radius 2 is 2.24 bits per heavy atom. The van der Waals surface area contributed by atoms with Crippen molar-refractivity contribution in [1.29, 1.82) is 0 Å². The molecule has 0 radical (unpaired) electrons. The molecule has 0 spiro atoms. The van der Waals surface area contributed by atoms with E-state index in [4.69, 9.17) is 5.84 Å². The maximum Gasteiger partial charge on any atom is 0.306 e. The van der Waals surface area contributed by atoms with E-state index in [1.165, 1.54) is 12.1 Å². The first-order valence-electron chi connectivity index (χ1n) is 7.11. The first kappa shape index (κ1) is 15.2. The third-order valence-corrected chi connectivity index (χ3v) is 3.56. The minimum atomic E-state index is -0.566. The number of nitro groups is 1. The molecule has 1 aliphatic carbocycles. The lowest BCUT2D eigenvalue weighted by Gasteiger charge is -2.22. The zero-order valence-corrected chi connectivity index (χ0v) is 12.0. The van der Waals surface area contributed by atoms with Crippen LogP contribution in [0.2, 0.25) is 0 Å². The molecular formula is C14H20N4O3. The molecule has 1 fully saturated rings. The number of nitro benzene ring substituents is 1. The van der Waals surface area contributed by atoms with Crippen LogP contribution < -0.4 is 11.3 Å². The van der Waals surface area contributed by atoms with Gasteiger partial charge < -0.3 is 10.3 Å². The van der Waals surface area contributed by atoms with Crippen molar-refractivity contribution in [2.45, 2.75) is 26.2 Å². The zero-order chi connectivity index (χ0) is 15.4. The lowest BCUT2D eigenvalue weighted by Crippen LogP contribution is -2.34. The predicted octanol–water partition coefficient (Wildman–Crippen LogP) is 2.14. The van der Waals surface area contributed by atoms with Crippen molar-refractivity contribution in [2.24, 2.45) is 11.8 Å². The molecule has 1 saturated carbocycles. The summed E-state index contributed by atoms with van der Waals surface area (Å²) in [5.41, 5.74) is 2.26. The fourth-order valence-electron chi connectivity index (χ4n) is 2.36. The molecule has 1 aliphatic rings. The number of hydrazine groups is 1. The summed E-state index contributed by atoms with van der Waals surface area (Å²) in [6.07, 6.45) is 3.07. The first-order valence-corrected chi connectivity index (χ1v) is 7.11. The van der Waals surface area contributed by atoms with Gasteiger partial charge in [0.1, 0.15) is 11.3 Å². The minimum Gasteiger partial charge on any atom is -0.338 e. The average molecular weight is 292 g/mol. The Balaban J connectivity index is 2.33. The summed E-state index contributed by atoms with van der Waals surface area (Å²) in [5, 5.41) is 11.3. The number of nitrogens with zero attached hydrogens (tertiary/aromatic N) is 2. The number of nitrogens with one attached hydrogen (secondary N) is 1. The van der Waals surface area contributed by atoms with Crippen LogP contribution in [0.25, 0.3) is 0 Å². The molecule has 0 aromatic heterocycles. The van der Waals surface area contributed by atoms with Gasteiger partial charge in [-0.25, -0.2) is 0 Å². The quantitative estimate of drug-likeness (QED) is 0.455. The van der Waals surface area contributed by atoms with E-state index in [-0.39, 0.29) is 22.8 Å². The monoisotopic (exact) mass is 292 g/mol. The molecule has 3 N–H and O–H groups in total. The molecule has 0 heterocycles. The normalized spacial score (nSPS) is 13.8. The van der Waals surface area contributed by atoms with Crippen molar-refractivity contribution in [3.8, 4) is 0 Å². The molecule has 21 heavy (non-hydrogen) atoms. The molecule has 0 aliphatic heterocycles. The van der Waals surface area contributed by atoms with Gasteiger partial charge in [-0.3, -0.25) is 20.8 Å². The standard InChI is InChI=1S/C14H20N4O3/c1-2-8-17(9-10-6-7-10)14(19)11-4-3-5-12(16-15)13(11)18(20)21/h3-5,10,16H,2,6-9,15H2,1H3. The number of nitrogen functional groups attached to an aromatic ring is 1. The number of carbonyl (C=O) groups excluding carboxylic acids is 1. The average Bonchev–Trinajstić information content (AvgIpc) is 3.29. The third-order valence-electron chi connectivity index (χ3n) is 3.56. The van der Waals surface area contributed by atoms with Crippen LogP contribution in [0.3, 0.4) is 0 Å². The van der Waals surface area contributed by atoms with E-state index in [9.17, 15) is 14.9 Å². The summed E-state index contributed by atoms with van der Waals surface area (Å²) in [7, 11) is 0. The maximum atomic E-state index is 12.6. The van der Waals surface area contributed by atoms with E-state index in [2.05, 4.69) is 5.43 Å². The van der Waals surface area contributed by atoms with Gasteiger partial charge in [0.25, 0.3) is 5.91 Å². The SMILES string of the molecule is CCCN(CC1CC1)C(=O)c1cccc(NN)c1[N+](=O)[O-]. The van der Waals surface area contributed by atoms with Crippen LogP contribution in [0, 0.1) is 16.0 Å². The Morgan fingerprint density at radius 1 is 1.52 bits per heavy atom. The number of anilines is 1. The molecule has 0 unspecified atom stereocenters. The van der Waals surface area contributed by atoms with Crippen LogP contribution in [0.5, 0.6) is 0 Å². The van der Waals surface area contributed by atoms with Gasteiger partial charge in [0.2, 0.25) is 0 Å². The molecule has 7 heteroatoms. The van der Waals surface area contributed by atoms with Gasteiger partial charge in [0, 0.05) is 13.1 Å². The van der Waals surface area contributed by atoms with Crippen LogP contribution in [0.4, 0.5) is 11.4 Å². The Kier molecular flexibility index (Phi) is 4.74. The highest BCUT2D eigenvalue weighted by Crippen LogP contribution is 2.32. The van der Waals surface area contributed by atoms with E-state index in [1.807, 2.05) is 6.92 Å². The molecule has 1 amide bonds. The van der Waals surface area contributed by atoms with Crippen LogP contribution in [0.1, 0.15) is 36.5 Å². The van der Waals surface area contributed by atoms with E-state index in [0.29, 0.717) is 19.0 Å². The van der Waals surface area contributed by atoms with Crippen LogP contribution in [-0.4, -0.2) is 28.8 Å². The molecule has 0 saturated heterocycles. The number of para-hydroxylation sites is 1. The largest absolute Gasteiger partial charge is 0.338 e. The summed E-state index contributed by atoms with van der Waals surface area (Å²) in [6.45, 7) is 3.26. The van der Waals surface area contributed by atoms with Crippen molar-refractivity contribution in [2.75, 3.05) is 18.5 Å². The summed E-state index contributed by atoms with van der Waals surface area (Å²) >= 11 is 0. The summed E-state index contributed by atoms with van der Waals surface area (Å²) in [5.74, 6) is 5.54. The number of nitrogens with two attached hydrogens (primary N) is 1. The Bertz CT molecular complexity index is 543. The van der Waals surface area contributed by atoms with Crippen LogP contribution >= 0.6 is 0 Å². The number of carbonyl (C=O) groups is 1. The topological polar surface area (TPSA) is 102 Å². The molecule has 7 nitrogen and oxygen atoms in total. The fraction of sp³-hybridized carbons (Fsp3) is 0.500. The highest BCUT2D eigenvalue weighted by atomic mass is 16.6. The third kappa shape index (κ3) is 3.49. The van der Waals surface area contributed by atoms with Crippen molar-refractivity contribution in [3.05, 3.63) is 33.9 Å². The Hall–Kier alpha value is -2.15. The van der Waals surface area contributed by atoms with Crippen LogP contribution in [-0.2, 0) is 0 Å². The van der Waals surface area contributed by atoms with Crippen molar-refractivity contribution >= 4 is 17.3 Å². The van der Waals surface area contributed by atoms with Gasteiger partial charge in [0.05, 0.1) is 4.92 Å².